The number of nitriles is 3. The van der Waals surface area contributed by atoms with Gasteiger partial charge in [-0.15, -0.1) is 0 Å². The smallest absolute Gasteiger partial charge is 0.267 e. The zero-order chi connectivity index (χ0) is 75.4. The molecule has 6 aliphatic rings. The number of hydrogen-bond donors (Lipinski definition) is 4. The normalized spacial score (nSPS) is 20.8. The number of rotatable bonds is 15. The maximum absolute atomic E-state index is 13.2. The van der Waals surface area contributed by atoms with Crippen molar-refractivity contribution in [1.29, 1.82) is 15.8 Å². The Hall–Kier alpha value is -11.2. The van der Waals surface area contributed by atoms with E-state index in [1.165, 1.54) is 13.2 Å². The molecule has 3 aliphatic heterocycles. The van der Waals surface area contributed by atoms with Crippen molar-refractivity contribution in [3.05, 3.63) is 246 Å². The second-order valence-corrected chi connectivity index (χ2v) is 29.5. The summed E-state index contributed by atoms with van der Waals surface area (Å²) in [6.45, 7) is 5.84. The van der Waals surface area contributed by atoms with Crippen molar-refractivity contribution < 1.29 is 29.1 Å². The Labute approximate surface area is 625 Å². The van der Waals surface area contributed by atoms with E-state index in [2.05, 4.69) is 63.8 Å². The van der Waals surface area contributed by atoms with Crippen LogP contribution in [0.2, 0.25) is 0 Å². The van der Waals surface area contributed by atoms with Crippen LogP contribution in [0.4, 0.5) is 0 Å². The van der Waals surface area contributed by atoms with E-state index >= 15 is 0 Å². The molecule has 15 rings (SSSR count). The largest absolute Gasteiger partial charge is 0.391 e. The highest BCUT2D eigenvalue weighted by Crippen LogP contribution is 2.38. The molecule has 108 heavy (non-hydrogen) atoms. The van der Waals surface area contributed by atoms with E-state index in [9.17, 15) is 59.2 Å². The first-order valence-corrected chi connectivity index (χ1v) is 37.7. The predicted molar refractivity (Wildman–Crippen MR) is 404 cm³/mol. The molecule has 4 N–H and O–H groups in total. The first-order valence-electron chi connectivity index (χ1n) is 37.7. The predicted octanol–water partition coefficient (Wildman–Crippen LogP) is 8.77. The van der Waals surface area contributed by atoms with Gasteiger partial charge >= 0.3 is 0 Å². The third kappa shape index (κ3) is 16.4. The van der Waals surface area contributed by atoms with Gasteiger partial charge in [-0.05, 0) is 185 Å². The molecule has 3 saturated heterocycles. The molecular weight excluding hydrogens is 1360 g/mol. The summed E-state index contributed by atoms with van der Waals surface area (Å²) in [5.41, 5.74) is 4.48. The summed E-state index contributed by atoms with van der Waals surface area (Å²) >= 11 is 0. The van der Waals surface area contributed by atoms with Crippen LogP contribution in [0.3, 0.4) is 0 Å². The highest BCUT2D eigenvalue weighted by molar-refractivity contribution is 5.99. The number of hydrogen-bond acceptors (Lipinski definition) is 18. The Morgan fingerprint density at radius 3 is 1.04 bits per heavy atom. The molecule has 3 aliphatic carbocycles. The average molecular weight is 1450 g/mol. The van der Waals surface area contributed by atoms with Crippen molar-refractivity contribution in [3.63, 3.8) is 0 Å². The lowest BCUT2D eigenvalue weighted by atomic mass is 9.76. The maximum Gasteiger partial charge on any atom is 0.267 e. The van der Waals surface area contributed by atoms with Crippen molar-refractivity contribution in [3.8, 4) is 18.2 Å². The summed E-state index contributed by atoms with van der Waals surface area (Å²) in [6.07, 6.45) is 22.4. The molecule has 3 saturated carbocycles. The molecule has 0 unspecified atom stereocenters. The minimum Gasteiger partial charge on any atom is -0.391 e. The van der Waals surface area contributed by atoms with Gasteiger partial charge < -0.3 is 21.1 Å². The van der Waals surface area contributed by atoms with Crippen LogP contribution in [0.1, 0.15) is 180 Å². The Bertz CT molecular complexity index is 4900. The molecule has 9 aromatic heterocycles. The number of nitrogens with zero attached hydrogens (tertiary/aromatic N) is 12. The molecule has 9 aromatic rings. The monoisotopic (exact) mass is 1450 g/mol. The molecule has 4 atom stereocenters. The van der Waals surface area contributed by atoms with Crippen LogP contribution in [0, 0.1) is 34.0 Å². The number of carbonyl (C=O) groups excluding carboxylic acids is 5. The Kier molecular flexibility index (Phi) is 23.4. The maximum atomic E-state index is 13.2. The summed E-state index contributed by atoms with van der Waals surface area (Å²) < 4.78 is 4.54. The van der Waals surface area contributed by atoms with E-state index in [0.717, 1.165) is 88.8 Å². The summed E-state index contributed by atoms with van der Waals surface area (Å²) in [7, 11) is 0. The summed E-state index contributed by atoms with van der Waals surface area (Å²) in [4.78, 5) is 124. The molecule has 554 valence electrons. The quantitative estimate of drug-likeness (QED) is 0.0745. The summed E-state index contributed by atoms with van der Waals surface area (Å²) in [5.74, 6) is -1.40. The van der Waals surface area contributed by atoms with E-state index in [1.54, 1.807) is 73.6 Å². The van der Waals surface area contributed by atoms with Gasteiger partial charge in [-0.1, -0.05) is 62.1 Å². The minimum atomic E-state index is -0.606. The lowest BCUT2D eigenvalue weighted by molar-refractivity contribution is -0.123. The van der Waals surface area contributed by atoms with Crippen molar-refractivity contribution in [2.24, 2.45) is 0 Å². The van der Waals surface area contributed by atoms with Crippen LogP contribution in [-0.4, -0.2) is 141 Å². The Morgan fingerprint density at radius 1 is 0.417 bits per heavy atom. The molecule has 0 aromatic carbocycles. The van der Waals surface area contributed by atoms with E-state index in [4.69, 9.17) is 0 Å². The van der Waals surface area contributed by atoms with E-state index in [-0.39, 0.29) is 39.9 Å². The van der Waals surface area contributed by atoms with Gasteiger partial charge in [0.1, 0.15) is 32.9 Å². The van der Waals surface area contributed by atoms with Crippen LogP contribution in [-0.2, 0) is 45.5 Å². The highest BCUT2D eigenvalue weighted by Gasteiger charge is 2.41. The van der Waals surface area contributed by atoms with Crippen molar-refractivity contribution in [2.75, 3.05) is 39.3 Å². The number of ketones is 2. The standard InChI is InChI=1S/C28H31N5O3.2C28H29N5O3/c3*29-19-28(25-10-3-5-13-30-25)11-15-32(16-12-28)18-20-17-21(27(36)33-14-6-4-8-23(20)33)26(35)31-22-7-1-2-9-24(22)34/h3-6,8,10,13-14,17,22,24,34H,1-2,7,9,11-12,15-16,18H2,(H,31,35);2*3-6,8,10,13-14,17,22H,1-2,7,9,11-12,15-16,18H2,(H,31,35)/t22-,24-;2*22-/m111/s1. The Balaban J connectivity index is 0.000000143. The van der Waals surface area contributed by atoms with Crippen LogP contribution in [0.15, 0.2) is 179 Å². The third-order valence-corrected chi connectivity index (χ3v) is 22.8. The average Bonchev–Trinajstić information content (AvgIpc) is 0.777. The van der Waals surface area contributed by atoms with Gasteiger partial charge in [0.15, 0.2) is 11.6 Å². The van der Waals surface area contributed by atoms with Crippen LogP contribution < -0.4 is 32.6 Å². The fourth-order valence-electron chi connectivity index (χ4n) is 16.3. The van der Waals surface area contributed by atoms with Gasteiger partial charge in [0.2, 0.25) is 0 Å². The number of likely N-dealkylation sites (tertiary alicyclic amines) is 3. The van der Waals surface area contributed by atoms with Crippen molar-refractivity contribution in [1.82, 2.24) is 58.8 Å². The molecular formula is C84H89N15O9. The molecule has 24 heteroatoms. The number of aliphatic hydroxyl groups excluding tert-OH is 1. The van der Waals surface area contributed by atoms with Crippen molar-refractivity contribution >= 4 is 45.8 Å². The van der Waals surface area contributed by atoms with E-state index in [1.807, 2.05) is 91.0 Å². The SMILES string of the molecule is N#CC1(c2ccccn2)CCN(Cc2cc(C(=O)N[C@@H]3CCCCC3=O)c(=O)n3ccccc23)CC1.N#CC1(c2ccccn2)CCN(Cc2cc(C(=O)N[C@@H]3CCCCC3=O)c(=O)n3ccccc23)CC1.N#CC1(c2ccccn2)CCN(Cc2cc(C(=O)N[C@@H]3CCCC[C@H]3O)c(=O)n3ccccc23)CC1. The first-order chi connectivity index (χ1) is 52.5. The van der Waals surface area contributed by atoms with Gasteiger partial charge in [-0.2, -0.15) is 15.8 Å². The number of aliphatic hydroxyl groups is 1. The Morgan fingerprint density at radius 2 is 0.731 bits per heavy atom. The first kappa shape index (κ1) is 75.0. The topological polar surface area (TPSA) is 326 Å². The number of nitrogens with one attached hydrogen (secondary N) is 3. The molecule has 6 fully saturated rings. The molecule has 0 radical (unpaired) electrons. The number of pyridine rings is 9. The van der Waals surface area contributed by atoms with Crippen LogP contribution >= 0.6 is 0 Å². The fraction of sp³-hybridized carbons (Fsp3) is 0.405. The zero-order valence-electron chi connectivity index (χ0n) is 60.6. The fourth-order valence-corrected chi connectivity index (χ4v) is 16.3. The lowest BCUT2D eigenvalue weighted by Crippen LogP contribution is -2.46. The second-order valence-electron chi connectivity index (χ2n) is 29.5. The molecule has 24 nitrogen and oxygen atoms in total. The number of amides is 3. The number of aromatic nitrogens is 6. The second kappa shape index (κ2) is 33.7. The van der Waals surface area contributed by atoms with E-state index in [0.29, 0.717) is 136 Å². The molecule has 12 heterocycles. The van der Waals surface area contributed by atoms with Crippen molar-refractivity contribution in [2.45, 2.75) is 176 Å². The van der Waals surface area contributed by atoms with Crippen LogP contribution in [0.25, 0.3) is 16.6 Å². The minimum absolute atomic E-state index is 0.0258. The van der Waals surface area contributed by atoms with Gasteiger partial charge in [0.25, 0.3) is 34.4 Å². The van der Waals surface area contributed by atoms with Gasteiger partial charge in [0.05, 0.1) is 76.1 Å². The lowest BCUT2D eigenvalue weighted by Gasteiger charge is -2.37. The molecule has 3 amide bonds. The van der Waals surface area contributed by atoms with E-state index < -0.39 is 63.3 Å². The number of carbonyl (C=O) groups is 5. The molecule has 0 spiro atoms. The summed E-state index contributed by atoms with van der Waals surface area (Å²) in [5, 5.41) is 48.7. The third-order valence-electron chi connectivity index (χ3n) is 22.8. The number of Topliss-reactive ketones (excluding diaryl/α,β-unsaturated/α-hetero) is 2. The summed E-state index contributed by atoms with van der Waals surface area (Å²) in [6, 6.07) is 44.8. The number of piperidine rings is 3. The highest BCUT2D eigenvalue weighted by atomic mass is 16.3. The van der Waals surface area contributed by atoms with Crippen LogP contribution in [0.5, 0.6) is 0 Å². The molecule has 0 bridgehead atoms. The van der Waals surface area contributed by atoms with Gasteiger partial charge in [0, 0.05) is 109 Å². The number of fused-ring (bicyclic) bond motifs is 3. The van der Waals surface area contributed by atoms with Gasteiger partial charge in [-0.25, -0.2) is 0 Å². The van der Waals surface area contributed by atoms with Gasteiger partial charge in [-0.3, -0.25) is 81.2 Å². The zero-order valence-corrected chi connectivity index (χ0v) is 60.6.